The van der Waals surface area contributed by atoms with Crippen molar-refractivity contribution in [2.24, 2.45) is 0 Å². The predicted octanol–water partition coefficient (Wildman–Crippen LogP) is 3.35. The van der Waals surface area contributed by atoms with Gasteiger partial charge in [0.25, 0.3) is 5.91 Å². The topological polar surface area (TPSA) is 102 Å². The highest BCUT2D eigenvalue weighted by molar-refractivity contribution is 6.02. The van der Waals surface area contributed by atoms with E-state index in [1.54, 1.807) is 19.1 Å². The van der Waals surface area contributed by atoms with Gasteiger partial charge in [-0.1, -0.05) is 12.1 Å². The van der Waals surface area contributed by atoms with Crippen LogP contribution in [-0.2, 0) is 17.5 Å². The SMILES string of the molecule is Cc1cc(NC(=O)c2ccn(C(C)C(=O)O)n2)nn1Cc1cccc(C(F)(F)F)c1. The van der Waals surface area contributed by atoms with Crippen LogP contribution in [0, 0.1) is 6.92 Å². The number of benzene rings is 1. The van der Waals surface area contributed by atoms with Gasteiger partial charge in [-0.05, 0) is 37.6 Å². The maximum absolute atomic E-state index is 12.9. The molecule has 1 amide bonds. The third-order valence-electron chi connectivity index (χ3n) is 4.40. The van der Waals surface area contributed by atoms with Gasteiger partial charge in [0, 0.05) is 18.0 Å². The van der Waals surface area contributed by atoms with E-state index in [0.29, 0.717) is 11.3 Å². The van der Waals surface area contributed by atoms with Crippen molar-refractivity contribution < 1.29 is 27.9 Å². The third kappa shape index (κ3) is 4.67. The van der Waals surface area contributed by atoms with E-state index in [4.69, 9.17) is 5.11 Å². The molecule has 2 aromatic heterocycles. The van der Waals surface area contributed by atoms with Crippen LogP contribution in [0.3, 0.4) is 0 Å². The number of halogens is 3. The summed E-state index contributed by atoms with van der Waals surface area (Å²) < 4.78 is 41.3. The van der Waals surface area contributed by atoms with Crippen molar-refractivity contribution in [3.05, 3.63) is 65.1 Å². The van der Waals surface area contributed by atoms with E-state index >= 15 is 0 Å². The molecular weight excluding hydrogens is 403 g/mol. The van der Waals surface area contributed by atoms with Crippen molar-refractivity contribution in [1.29, 1.82) is 0 Å². The number of amides is 1. The number of alkyl halides is 3. The van der Waals surface area contributed by atoms with Crippen LogP contribution in [0.5, 0.6) is 0 Å². The second kappa shape index (κ2) is 8.01. The zero-order valence-corrected chi connectivity index (χ0v) is 16.0. The van der Waals surface area contributed by atoms with Gasteiger partial charge in [-0.25, -0.2) is 4.79 Å². The number of anilines is 1. The number of aryl methyl sites for hydroxylation is 1. The van der Waals surface area contributed by atoms with E-state index in [-0.39, 0.29) is 18.1 Å². The number of rotatable bonds is 6. The number of nitrogens with one attached hydrogen (secondary N) is 1. The molecule has 2 N–H and O–H groups in total. The summed E-state index contributed by atoms with van der Waals surface area (Å²) in [6.07, 6.45) is -3.05. The Morgan fingerprint density at radius 3 is 2.60 bits per heavy atom. The number of aromatic nitrogens is 4. The Morgan fingerprint density at radius 2 is 1.93 bits per heavy atom. The van der Waals surface area contributed by atoms with Crippen LogP contribution in [0.1, 0.15) is 40.3 Å². The Balaban J connectivity index is 1.72. The molecule has 0 aliphatic rings. The summed E-state index contributed by atoms with van der Waals surface area (Å²) in [6, 6.07) is 6.95. The molecule has 3 aromatic rings. The minimum atomic E-state index is -4.43. The molecule has 1 unspecified atom stereocenters. The van der Waals surface area contributed by atoms with E-state index in [1.165, 1.54) is 29.9 Å². The highest BCUT2D eigenvalue weighted by Crippen LogP contribution is 2.29. The molecule has 11 heteroatoms. The number of nitrogens with zero attached hydrogens (tertiary/aromatic N) is 4. The fraction of sp³-hybridized carbons (Fsp3) is 0.263. The average molecular weight is 421 g/mol. The highest BCUT2D eigenvalue weighted by atomic mass is 19.4. The average Bonchev–Trinajstić information content (AvgIpc) is 3.28. The molecule has 1 aromatic carbocycles. The van der Waals surface area contributed by atoms with Gasteiger partial charge in [-0.15, -0.1) is 0 Å². The molecule has 0 spiro atoms. The van der Waals surface area contributed by atoms with Gasteiger partial charge in [0.1, 0.15) is 6.04 Å². The number of hydrogen-bond acceptors (Lipinski definition) is 4. The highest BCUT2D eigenvalue weighted by Gasteiger charge is 2.30. The fourth-order valence-electron chi connectivity index (χ4n) is 2.72. The Hall–Kier alpha value is -3.63. The maximum Gasteiger partial charge on any atom is 0.416 e. The van der Waals surface area contributed by atoms with Crippen molar-refractivity contribution in [3.8, 4) is 0 Å². The molecular formula is C19H18F3N5O3. The number of carboxylic acids is 1. The standard InChI is InChI=1S/C19H18F3N5O3/c1-11-8-16(23-17(28)15-6-7-26(24-15)12(2)18(29)30)25-27(11)10-13-4-3-5-14(9-13)19(20,21)22/h3-9,12H,10H2,1-2H3,(H,29,30)(H,23,25,28). The molecule has 158 valence electrons. The first-order chi connectivity index (χ1) is 14.0. The maximum atomic E-state index is 12.9. The lowest BCUT2D eigenvalue weighted by Gasteiger charge is -2.09. The summed E-state index contributed by atoms with van der Waals surface area (Å²) in [4.78, 5) is 23.3. The molecule has 3 rings (SSSR count). The number of hydrogen-bond donors (Lipinski definition) is 2. The van der Waals surface area contributed by atoms with Crippen molar-refractivity contribution in [2.75, 3.05) is 5.32 Å². The summed E-state index contributed by atoms with van der Waals surface area (Å²) >= 11 is 0. The van der Waals surface area contributed by atoms with Crippen LogP contribution < -0.4 is 5.32 Å². The third-order valence-corrected chi connectivity index (χ3v) is 4.40. The fourth-order valence-corrected chi connectivity index (χ4v) is 2.72. The lowest BCUT2D eigenvalue weighted by Crippen LogP contribution is -2.18. The molecule has 0 bridgehead atoms. The van der Waals surface area contributed by atoms with Crippen LogP contribution in [0.25, 0.3) is 0 Å². The zero-order chi connectivity index (χ0) is 22.1. The van der Waals surface area contributed by atoms with Crippen LogP contribution in [0.2, 0.25) is 0 Å². The first kappa shape index (κ1) is 21.1. The van der Waals surface area contributed by atoms with Gasteiger partial charge in [0.15, 0.2) is 11.5 Å². The van der Waals surface area contributed by atoms with Crippen molar-refractivity contribution in [1.82, 2.24) is 19.6 Å². The van der Waals surface area contributed by atoms with Crippen LogP contribution in [-0.4, -0.2) is 36.5 Å². The van der Waals surface area contributed by atoms with E-state index in [1.807, 2.05) is 0 Å². The van der Waals surface area contributed by atoms with Gasteiger partial charge in [-0.2, -0.15) is 23.4 Å². The zero-order valence-electron chi connectivity index (χ0n) is 16.0. The number of carbonyl (C=O) groups excluding carboxylic acids is 1. The monoisotopic (exact) mass is 421 g/mol. The Bertz CT molecular complexity index is 1090. The van der Waals surface area contributed by atoms with Crippen LogP contribution in [0.4, 0.5) is 19.0 Å². The molecule has 0 fully saturated rings. The van der Waals surface area contributed by atoms with Gasteiger partial charge in [0.05, 0.1) is 12.1 Å². The largest absolute Gasteiger partial charge is 0.480 e. The molecule has 0 aliphatic heterocycles. The minimum Gasteiger partial charge on any atom is -0.480 e. The normalized spacial score (nSPS) is 12.6. The number of carboxylic acid groups (broad SMARTS) is 1. The van der Waals surface area contributed by atoms with Gasteiger partial charge < -0.3 is 10.4 Å². The molecule has 2 heterocycles. The summed E-state index contributed by atoms with van der Waals surface area (Å²) in [6.45, 7) is 3.23. The second-order valence-electron chi connectivity index (χ2n) is 6.68. The van der Waals surface area contributed by atoms with E-state index in [2.05, 4.69) is 15.5 Å². The first-order valence-corrected chi connectivity index (χ1v) is 8.84. The van der Waals surface area contributed by atoms with Crippen LogP contribution >= 0.6 is 0 Å². The molecule has 0 radical (unpaired) electrons. The number of aliphatic carboxylic acids is 1. The van der Waals surface area contributed by atoms with E-state index < -0.39 is 29.7 Å². The Morgan fingerprint density at radius 1 is 1.20 bits per heavy atom. The molecule has 0 saturated carbocycles. The summed E-state index contributed by atoms with van der Waals surface area (Å²) in [5.41, 5.74) is 0.306. The van der Waals surface area contributed by atoms with Gasteiger partial charge >= 0.3 is 12.1 Å². The molecule has 0 saturated heterocycles. The summed E-state index contributed by atoms with van der Waals surface area (Å²) in [5, 5.41) is 19.7. The lowest BCUT2D eigenvalue weighted by molar-refractivity contribution is -0.140. The Kier molecular flexibility index (Phi) is 5.63. The predicted molar refractivity (Wildman–Crippen MR) is 100 cm³/mol. The summed E-state index contributed by atoms with van der Waals surface area (Å²) in [5.74, 6) is -1.48. The van der Waals surface area contributed by atoms with Crippen molar-refractivity contribution >= 4 is 17.7 Å². The quantitative estimate of drug-likeness (QED) is 0.636. The molecule has 0 aliphatic carbocycles. The lowest BCUT2D eigenvalue weighted by atomic mass is 10.1. The molecule has 8 nitrogen and oxygen atoms in total. The summed E-state index contributed by atoms with van der Waals surface area (Å²) in [7, 11) is 0. The minimum absolute atomic E-state index is 0.00758. The van der Waals surface area contributed by atoms with E-state index in [9.17, 15) is 22.8 Å². The van der Waals surface area contributed by atoms with Gasteiger partial charge in [-0.3, -0.25) is 14.2 Å². The molecule has 1 atom stereocenters. The van der Waals surface area contributed by atoms with E-state index in [0.717, 1.165) is 16.8 Å². The first-order valence-electron chi connectivity index (χ1n) is 8.84. The van der Waals surface area contributed by atoms with Crippen LogP contribution in [0.15, 0.2) is 42.6 Å². The smallest absolute Gasteiger partial charge is 0.416 e. The Labute approximate surface area is 168 Å². The second-order valence-corrected chi connectivity index (χ2v) is 6.68. The van der Waals surface area contributed by atoms with Gasteiger partial charge in [0.2, 0.25) is 0 Å². The van der Waals surface area contributed by atoms with Crippen molar-refractivity contribution in [3.63, 3.8) is 0 Å². The molecule has 30 heavy (non-hydrogen) atoms. The van der Waals surface area contributed by atoms with Crippen molar-refractivity contribution in [2.45, 2.75) is 32.6 Å². The number of carbonyl (C=O) groups is 2.